The summed E-state index contributed by atoms with van der Waals surface area (Å²) in [5.41, 5.74) is 1.91. The Morgan fingerprint density at radius 2 is 1.43 bits per heavy atom. The number of carbonyl (C=O) groups excluding carboxylic acids is 2. The molecule has 8 heteroatoms. The molecule has 0 aliphatic rings. The quantitative estimate of drug-likeness (QED) is 0.229. The lowest BCUT2D eigenvalue weighted by atomic mass is 10.1. The molecular formula is C29H24N2O5S. The van der Waals surface area contributed by atoms with E-state index >= 15 is 0 Å². The summed E-state index contributed by atoms with van der Waals surface area (Å²) in [7, 11) is 0. The molecule has 0 spiro atoms. The van der Waals surface area contributed by atoms with Gasteiger partial charge in [0.05, 0.1) is 5.56 Å². The Morgan fingerprint density at radius 1 is 0.757 bits per heavy atom. The van der Waals surface area contributed by atoms with Crippen molar-refractivity contribution in [1.29, 1.82) is 0 Å². The van der Waals surface area contributed by atoms with Crippen LogP contribution in [0.5, 0.6) is 5.75 Å². The number of para-hydroxylation sites is 1. The van der Waals surface area contributed by atoms with E-state index in [0.717, 1.165) is 10.5 Å². The predicted octanol–water partition coefficient (Wildman–Crippen LogP) is 5.87. The van der Waals surface area contributed by atoms with Crippen LogP contribution in [0.3, 0.4) is 0 Å². The number of hydrogen-bond donors (Lipinski definition) is 3. The van der Waals surface area contributed by atoms with E-state index < -0.39 is 11.2 Å². The number of carbonyl (C=O) groups is 3. The molecule has 1 unspecified atom stereocenters. The molecule has 0 radical (unpaired) electrons. The van der Waals surface area contributed by atoms with Gasteiger partial charge in [-0.15, -0.1) is 11.8 Å². The van der Waals surface area contributed by atoms with Crippen molar-refractivity contribution >= 4 is 40.9 Å². The maximum atomic E-state index is 13.2. The summed E-state index contributed by atoms with van der Waals surface area (Å²) in [6.07, 6.45) is 0. The lowest BCUT2D eigenvalue weighted by Crippen LogP contribution is -2.20. The monoisotopic (exact) mass is 512 g/mol. The molecule has 1 atom stereocenters. The molecule has 0 fully saturated rings. The zero-order valence-electron chi connectivity index (χ0n) is 19.7. The van der Waals surface area contributed by atoms with E-state index in [-0.39, 0.29) is 24.0 Å². The Hall–Kier alpha value is -4.56. The van der Waals surface area contributed by atoms with Gasteiger partial charge in [-0.25, -0.2) is 4.79 Å². The zero-order valence-corrected chi connectivity index (χ0v) is 20.5. The minimum Gasteiger partial charge on any atom is -0.484 e. The average molecular weight is 513 g/mol. The highest BCUT2D eigenvalue weighted by Gasteiger charge is 2.22. The van der Waals surface area contributed by atoms with E-state index in [0.29, 0.717) is 17.1 Å². The van der Waals surface area contributed by atoms with Crippen LogP contribution in [0.4, 0.5) is 11.4 Å². The van der Waals surface area contributed by atoms with Gasteiger partial charge in [0.1, 0.15) is 11.0 Å². The van der Waals surface area contributed by atoms with Crippen LogP contribution in [0.2, 0.25) is 0 Å². The number of rotatable bonds is 10. The maximum Gasteiger partial charge on any atom is 0.335 e. The van der Waals surface area contributed by atoms with Gasteiger partial charge in [-0.1, -0.05) is 54.6 Å². The van der Waals surface area contributed by atoms with Gasteiger partial charge in [0.2, 0.25) is 5.91 Å². The maximum absolute atomic E-state index is 13.2. The van der Waals surface area contributed by atoms with E-state index in [1.165, 1.54) is 23.9 Å². The fourth-order valence-corrected chi connectivity index (χ4v) is 4.48. The van der Waals surface area contributed by atoms with Crippen LogP contribution in [-0.4, -0.2) is 29.5 Å². The van der Waals surface area contributed by atoms with E-state index in [1.54, 1.807) is 36.4 Å². The molecule has 0 bridgehead atoms. The van der Waals surface area contributed by atoms with E-state index in [1.807, 2.05) is 60.7 Å². The van der Waals surface area contributed by atoms with Crippen LogP contribution in [0.1, 0.15) is 21.2 Å². The largest absolute Gasteiger partial charge is 0.484 e. The van der Waals surface area contributed by atoms with Crippen LogP contribution in [0.25, 0.3) is 0 Å². The van der Waals surface area contributed by atoms with Gasteiger partial charge in [0.15, 0.2) is 6.61 Å². The number of thioether (sulfide) groups is 1. The number of nitrogens with one attached hydrogen (secondary N) is 2. The summed E-state index contributed by atoms with van der Waals surface area (Å²) in [4.78, 5) is 37.6. The average Bonchev–Trinajstić information content (AvgIpc) is 2.92. The number of benzene rings is 4. The van der Waals surface area contributed by atoms with Crippen LogP contribution < -0.4 is 15.4 Å². The number of amides is 2. The normalized spacial score (nSPS) is 11.2. The Kier molecular flexibility index (Phi) is 8.57. The number of hydrogen-bond acceptors (Lipinski definition) is 5. The van der Waals surface area contributed by atoms with E-state index in [9.17, 15) is 19.5 Å². The van der Waals surface area contributed by atoms with Crippen LogP contribution in [0.15, 0.2) is 114 Å². The number of anilines is 2. The smallest absolute Gasteiger partial charge is 0.335 e. The van der Waals surface area contributed by atoms with Gasteiger partial charge in [0.25, 0.3) is 5.91 Å². The van der Waals surface area contributed by atoms with Gasteiger partial charge < -0.3 is 20.5 Å². The highest BCUT2D eigenvalue weighted by atomic mass is 32.2. The fourth-order valence-electron chi connectivity index (χ4n) is 3.45. The molecule has 0 aliphatic heterocycles. The lowest BCUT2D eigenvalue weighted by molar-refractivity contribution is -0.118. The molecule has 186 valence electrons. The van der Waals surface area contributed by atoms with Crippen molar-refractivity contribution in [3.8, 4) is 5.75 Å². The summed E-state index contributed by atoms with van der Waals surface area (Å²) in [5.74, 6) is -1.02. The lowest BCUT2D eigenvalue weighted by Gasteiger charge is -2.17. The molecule has 37 heavy (non-hydrogen) atoms. The first kappa shape index (κ1) is 25.5. The van der Waals surface area contributed by atoms with E-state index in [4.69, 9.17) is 4.74 Å². The third kappa shape index (κ3) is 7.46. The summed E-state index contributed by atoms with van der Waals surface area (Å²) in [6.45, 7) is -0.111. The highest BCUT2D eigenvalue weighted by Crippen LogP contribution is 2.36. The second-order valence-electron chi connectivity index (χ2n) is 7.96. The highest BCUT2D eigenvalue weighted by molar-refractivity contribution is 8.00. The Morgan fingerprint density at radius 3 is 2.11 bits per heavy atom. The molecule has 0 saturated heterocycles. The molecule has 3 N–H and O–H groups in total. The molecule has 0 aromatic heterocycles. The second kappa shape index (κ2) is 12.4. The molecule has 0 heterocycles. The van der Waals surface area contributed by atoms with Gasteiger partial charge in [-0.2, -0.15) is 0 Å². The number of aromatic carboxylic acids is 1. The number of carboxylic acids is 1. The third-order valence-corrected chi connectivity index (χ3v) is 6.49. The van der Waals surface area contributed by atoms with Crippen molar-refractivity contribution in [3.05, 3.63) is 120 Å². The molecule has 2 amide bonds. The summed E-state index contributed by atoms with van der Waals surface area (Å²) in [5, 5.41) is 14.3. The first-order valence-corrected chi connectivity index (χ1v) is 12.3. The number of ether oxygens (including phenoxy) is 1. The molecular weight excluding hydrogens is 488 g/mol. The molecule has 0 saturated carbocycles. The Labute approximate surface area is 218 Å². The topological polar surface area (TPSA) is 105 Å². The Balaban J connectivity index is 1.42. The van der Waals surface area contributed by atoms with Crippen molar-refractivity contribution in [2.75, 3.05) is 17.2 Å². The van der Waals surface area contributed by atoms with Gasteiger partial charge in [-0.3, -0.25) is 9.59 Å². The van der Waals surface area contributed by atoms with Crippen molar-refractivity contribution < 1.29 is 24.2 Å². The molecule has 4 rings (SSSR count). The molecule has 4 aromatic rings. The minimum absolute atomic E-state index is 0.0912. The SMILES string of the molecule is O=C(COc1ccccc1)Nc1ccc(SC(C(=O)Nc2cccc(C(=O)O)c2)c2ccccc2)cc1. The number of carboxylic acid groups (broad SMARTS) is 1. The van der Waals surface area contributed by atoms with Crippen molar-refractivity contribution in [1.82, 2.24) is 0 Å². The predicted molar refractivity (Wildman–Crippen MR) is 144 cm³/mol. The van der Waals surface area contributed by atoms with Gasteiger partial charge in [0, 0.05) is 16.3 Å². The zero-order chi connectivity index (χ0) is 26.0. The van der Waals surface area contributed by atoms with Crippen molar-refractivity contribution in [3.63, 3.8) is 0 Å². The van der Waals surface area contributed by atoms with Gasteiger partial charge in [-0.05, 0) is 60.2 Å². The summed E-state index contributed by atoms with van der Waals surface area (Å²) in [6, 6.07) is 31.7. The van der Waals surface area contributed by atoms with Gasteiger partial charge >= 0.3 is 5.97 Å². The standard InChI is InChI=1S/C29H24N2O5S/c32-26(19-36-24-12-5-2-6-13-24)30-22-14-16-25(17-15-22)37-27(20-8-3-1-4-9-20)28(33)31-23-11-7-10-21(18-23)29(34)35/h1-18,27H,19H2,(H,30,32)(H,31,33)(H,34,35). The second-order valence-corrected chi connectivity index (χ2v) is 9.14. The summed E-state index contributed by atoms with van der Waals surface area (Å²) < 4.78 is 5.47. The van der Waals surface area contributed by atoms with Crippen LogP contribution in [-0.2, 0) is 9.59 Å². The Bertz CT molecular complexity index is 1360. The molecule has 4 aromatic carbocycles. The first-order chi connectivity index (χ1) is 18.0. The van der Waals surface area contributed by atoms with Crippen molar-refractivity contribution in [2.24, 2.45) is 0 Å². The molecule has 7 nitrogen and oxygen atoms in total. The van der Waals surface area contributed by atoms with Crippen molar-refractivity contribution in [2.45, 2.75) is 10.1 Å². The van der Waals surface area contributed by atoms with Crippen LogP contribution >= 0.6 is 11.8 Å². The summed E-state index contributed by atoms with van der Waals surface area (Å²) >= 11 is 1.35. The third-order valence-electron chi connectivity index (χ3n) is 5.22. The van der Waals surface area contributed by atoms with E-state index in [2.05, 4.69) is 10.6 Å². The van der Waals surface area contributed by atoms with Crippen LogP contribution in [0, 0.1) is 0 Å². The first-order valence-electron chi connectivity index (χ1n) is 11.4. The molecule has 0 aliphatic carbocycles. The fraction of sp³-hybridized carbons (Fsp3) is 0.0690. The minimum atomic E-state index is -1.07.